The molecule has 102 valence electrons. The van der Waals surface area contributed by atoms with Crippen molar-refractivity contribution in [3.8, 4) is 6.01 Å². The molecule has 2 rings (SSSR count). The minimum atomic E-state index is 0.281. The van der Waals surface area contributed by atoms with Crippen molar-refractivity contribution >= 4 is 11.9 Å². The van der Waals surface area contributed by atoms with Gasteiger partial charge in [0, 0.05) is 20.0 Å². The van der Waals surface area contributed by atoms with Crippen molar-refractivity contribution < 1.29 is 9.26 Å². The number of rotatable bonds is 7. The predicted molar refractivity (Wildman–Crippen MR) is 67.0 cm³/mol. The first-order valence-electron chi connectivity index (χ1n) is 5.87. The lowest BCUT2D eigenvalue weighted by molar-refractivity contribution is 0.312. The quantitative estimate of drug-likeness (QED) is 0.732. The summed E-state index contributed by atoms with van der Waals surface area (Å²) in [5.74, 6) is 1.51. The van der Waals surface area contributed by atoms with Gasteiger partial charge in [0.05, 0.1) is 6.61 Å². The third-order valence-electron chi connectivity index (χ3n) is 2.15. The van der Waals surface area contributed by atoms with Gasteiger partial charge in [-0.25, -0.2) is 0 Å². The Hall–Kier alpha value is -2.45. The Morgan fingerprint density at radius 1 is 1.26 bits per heavy atom. The fourth-order valence-electron chi connectivity index (χ4n) is 1.33. The monoisotopic (exact) mass is 265 g/mol. The third kappa shape index (κ3) is 3.76. The number of hydrogen-bond acceptors (Lipinski definition) is 9. The fraction of sp³-hybridized carbons (Fsp3) is 0.500. The lowest BCUT2D eigenvalue weighted by Gasteiger charge is -2.07. The number of nitrogens with one attached hydrogen (secondary N) is 2. The number of ether oxygens (including phenoxy) is 1. The van der Waals surface area contributed by atoms with Crippen LogP contribution in [0.4, 0.5) is 11.9 Å². The van der Waals surface area contributed by atoms with Crippen LogP contribution in [0.15, 0.2) is 10.9 Å². The van der Waals surface area contributed by atoms with Crippen LogP contribution in [-0.2, 0) is 6.42 Å². The van der Waals surface area contributed by atoms with E-state index in [0.29, 0.717) is 37.3 Å². The molecule has 0 unspecified atom stereocenters. The summed E-state index contributed by atoms with van der Waals surface area (Å²) in [4.78, 5) is 16.3. The largest absolute Gasteiger partial charge is 0.464 e. The zero-order chi connectivity index (χ0) is 13.5. The molecule has 0 atom stereocenters. The van der Waals surface area contributed by atoms with Crippen LogP contribution in [-0.4, -0.2) is 45.3 Å². The Balaban J connectivity index is 1.96. The Morgan fingerprint density at radius 3 is 2.79 bits per heavy atom. The molecule has 0 aliphatic heterocycles. The lowest BCUT2D eigenvalue weighted by atomic mass is 10.4. The number of aromatic nitrogens is 5. The van der Waals surface area contributed by atoms with Gasteiger partial charge >= 0.3 is 6.01 Å². The summed E-state index contributed by atoms with van der Waals surface area (Å²) < 4.78 is 9.90. The Kier molecular flexibility index (Phi) is 4.43. The minimum Gasteiger partial charge on any atom is -0.464 e. The molecular formula is C10H15N7O2. The maximum Gasteiger partial charge on any atom is 0.323 e. The SMILES string of the molecule is CCOc1nc(NC)nc(NCCc2ncon2)n1. The molecule has 9 heteroatoms. The predicted octanol–water partition coefficient (Wildman–Crippen LogP) is 0.350. The number of hydrogen-bond donors (Lipinski definition) is 2. The van der Waals surface area contributed by atoms with Crippen molar-refractivity contribution in [3.63, 3.8) is 0 Å². The zero-order valence-corrected chi connectivity index (χ0v) is 10.8. The molecule has 0 spiro atoms. The van der Waals surface area contributed by atoms with Gasteiger partial charge in [0.25, 0.3) is 0 Å². The van der Waals surface area contributed by atoms with Gasteiger partial charge in [0.2, 0.25) is 18.3 Å². The molecule has 2 aromatic heterocycles. The average Bonchev–Trinajstić information content (AvgIpc) is 2.92. The summed E-state index contributed by atoms with van der Waals surface area (Å²) in [6.07, 6.45) is 1.91. The van der Waals surface area contributed by atoms with Crippen LogP contribution in [0.5, 0.6) is 6.01 Å². The molecule has 2 aromatic rings. The van der Waals surface area contributed by atoms with Gasteiger partial charge in [-0.1, -0.05) is 5.16 Å². The van der Waals surface area contributed by atoms with Crippen LogP contribution in [0.1, 0.15) is 12.7 Å². The van der Waals surface area contributed by atoms with E-state index in [1.54, 1.807) is 7.05 Å². The maximum atomic E-state index is 5.26. The first-order valence-corrected chi connectivity index (χ1v) is 5.87. The van der Waals surface area contributed by atoms with Crippen molar-refractivity contribution in [1.29, 1.82) is 0 Å². The summed E-state index contributed by atoms with van der Waals surface area (Å²) in [6.45, 7) is 2.94. The molecule has 0 aromatic carbocycles. The fourth-order valence-corrected chi connectivity index (χ4v) is 1.33. The molecule has 0 aliphatic rings. The molecule has 9 nitrogen and oxygen atoms in total. The summed E-state index contributed by atoms with van der Waals surface area (Å²) >= 11 is 0. The van der Waals surface area contributed by atoms with Gasteiger partial charge in [0.15, 0.2) is 5.82 Å². The van der Waals surface area contributed by atoms with Crippen LogP contribution in [0.25, 0.3) is 0 Å². The second-order valence-corrected chi connectivity index (χ2v) is 3.47. The molecule has 0 bridgehead atoms. The van der Waals surface area contributed by atoms with E-state index in [1.165, 1.54) is 6.39 Å². The molecule has 0 fully saturated rings. The first-order chi connectivity index (χ1) is 9.31. The van der Waals surface area contributed by atoms with Crippen molar-refractivity contribution in [2.75, 3.05) is 30.8 Å². The normalized spacial score (nSPS) is 10.2. The van der Waals surface area contributed by atoms with Crippen LogP contribution >= 0.6 is 0 Å². The topological polar surface area (TPSA) is 111 Å². The molecule has 2 heterocycles. The van der Waals surface area contributed by atoms with Crippen molar-refractivity contribution in [2.45, 2.75) is 13.3 Å². The van der Waals surface area contributed by atoms with E-state index < -0.39 is 0 Å². The highest BCUT2D eigenvalue weighted by Crippen LogP contribution is 2.10. The molecule has 0 radical (unpaired) electrons. The summed E-state index contributed by atoms with van der Waals surface area (Å²) in [5.41, 5.74) is 0. The highest BCUT2D eigenvalue weighted by molar-refractivity contribution is 5.35. The third-order valence-corrected chi connectivity index (χ3v) is 2.15. The van der Waals surface area contributed by atoms with Crippen LogP contribution in [0, 0.1) is 0 Å². The van der Waals surface area contributed by atoms with E-state index in [-0.39, 0.29) is 6.01 Å². The van der Waals surface area contributed by atoms with E-state index in [0.717, 1.165) is 0 Å². The van der Waals surface area contributed by atoms with Crippen molar-refractivity contribution in [3.05, 3.63) is 12.2 Å². The van der Waals surface area contributed by atoms with Crippen molar-refractivity contribution in [1.82, 2.24) is 25.1 Å². The molecule has 0 saturated carbocycles. The lowest BCUT2D eigenvalue weighted by Crippen LogP contribution is -2.12. The Morgan fingerprint density at radius 2 is 2.11 bits per heavy atom. The Bertz CT molecular complexity index is 503. The summed E-state index contributed by atoms with van der Waals surface area (Å²) in [5, 5.41) is 9.61. The van der Waals surface area contributed by atoms with Gasteiger partial charge in [0.1, 0.15) is 0 Å². The van der Waals surface area contributed by atoms with Crippen LogP contribution < -0.4 is 15.4 Å². The second-order valence-electron chi connectivity index (χ2n) is 3.47. The number of anilines is 2. The van der Waals surface area contributed by atoms with Crippen LogP contribution in [0.3, 0.4) is 0 Å². The summed E-state index contributed by atoms with van der Waals surface area (Å²) in [7, 11) is 1.73. The van der Waals surface area contributed by atoms with Gasteiger partial charge in [-0.2, -0.15) is 19.9 Å². The molecule has 0 amide bonds. The van der Waals surface area contributed by atoms with Gasteiger partial charge in [-0.3, -0.25) is 0 Å². The smallest absolute Gasteiger partial charge is 0.323 e. The molecule has 0 aliphatic carbocycles. The number of nitrogens with zero attached hydrogens (tertiary/aromatic N) is 5. The second kappa shape index (κ2) is 6.47. The maximum absolute atomic E-state index is 5.26. The highest BCUT2D eigenvalue weighted by Gasteiger charge is 2.06. The minimum absolute atomic E-state index is 0.281. The van der Waals surface area contributed by atoms with Gasteiger partial charge in [-0.05, 0) is 6.92 Å². The van der Waals surface area contributed by atoms with E-state index in [4.69, 9.17) is 4.74 Å². The van der Waals surface area contributed by atoms with Gasteiger partial charge in [-0.15, -0.1) is 0 Å². The molecule has 2 N–H and O–H groups in total. The van der Waals surface area contributed by atoms with E-state index in [9.17, 15) is 0 Å². The standard InChI is InChI=1S/C10H15N7O2/c1-3-18-10-15-8(11-2)14-9(16-10)12-5-4-7-13-6-19-17-7/h6H,3-5H2,1-2H3,(H2,11,12,14,15,16). The van der Waals surface area contributed by atoms with E-state index >= 15 is 0 Å². The van der Waals surface area contributed by atoms with E-state index in [2.05, 4.69) is 40.2 Å². The first kappa shape index (κ1) is 13.0. The van der Waals surface area contributed by atoms with Crippen molar-refractivity contribution in [2.24, 2.45) is 0 Å². The molecular weight excluding hydrogens is 250 g/mol. The van der Waals surface area contributed by atoms with Crippen LogP contribution in [0.2, 0.25) is 0 Å². The molecule has 19 heavy (non-hydrogen) atoms. The summed E-state index contributed by atoms with van der Waals surface area (Å²) in [6, 6.07) is 0.281. The Labute approximate surface area is 109 Å². The van der Waals surface area contributed by atoms with E-state index in [1.807, 2.05) is 6.92 Å². The highest BCUT2D eigenvalue weighted by atomic mass is 16.5. The van der Waals surface area contributed by atoms with Gasteiger partial charge < -0.3 is 19.9 Å². The average molecular weight is 265 g/mol. The molecule has 0 saturated heterocycles. The zero-order valence-electron chi connectivity index (χ0n) is 10.8.